The van der Waals surface area contributed by atoms with Crippen LogP contribution >= 0.6 is 0 Å². The van der Waals surface area contributed by atoms with E-state index in [1.165, 1.54) is 0 Å². The van der Waals surface area contributed by atoms with Gasteiger partial charge in [0.15, 0.2) is 0 Å². The van der Waals surface area contributed by atoms with Crippen LogP contribution in [0.25, 0.3) is 0 Å². The molecule has 1 saturated carbocycles. The number of nitrogens with zero attached hydrogens (tertiary/aromatic N) is 2. The van der Waals surface area contributed by atoms with Gasteiger partial charge in [0.2, 0.25) is 12.2 Å². The Morgan fingerprint density at radius 1 is 1.11 bits per heavy atom. The van der Waals surface area contributed by atoms with Crippen LogP contribution in [0.5, 0.6) is 0 Å². The molecule has 1 aliphatic rings. The molecule has 0 amide bonds. The lowest BCUT2D eigenvalue weighted by Gasteiger charge is -2.50. The molecule has 0 aliphatic heterocycles. The summed E-state index contributed by atoms with van der Waals surface area (Å²) in [5, 5.41) is 9.25. The Morgan fingerprint density at radius 2 is 1.79 bits per heavy atom. The zero-order valence-electron chi connectivity index (χ0n) is 11.9. The van der Waals surface area contributed by atoms with E-state index >= 15 is 0 Å². The maximum atomic E-state index is 10.7. The molecule has 0 radical (unpaired) electrons. The molecule has 1 aliphatic carbocycles. The van der Waals surface area contributed by atoms with Crippen molar-refractivity contribution in [3.63, 3.8) is 0 Å². The third kappa shape index (κ3) is 4.10. The molecule has 1 rings (SSSR count). The Balaban J connectivity index is 3.12. The van der Waals surface area contributed by atoms with E-state index in [1.807, 2.05) is 6.92 Å². The molecule has 106 valence electrons. The van der Waals surface area contributed by atoms with Crippen LogP contribution in [0, 0.1) is 10.8 Å². The van der Waals surface area contributed by atoms with E-state index in [-0.39, 0.29) is 17.4 Å². The monoisotopic (exact) mass is 266 g/mol. The summed E-state index contributed by atoms with van der Waals surface area (Å²) in [6.07, 6.45) is 5.92. The van der Waals surface area contributed by atoms with Crippen LogP contribution in [-0.4, -0.2) is 36.0 Å². The van der Waals surface area contributed by atoms with Crippen molar-refractivity contribution in [1.29, 1.82) is 0 Å². The van der Waals surface area contributed by atoms with Gasteiger partial charge in [0.1, 0.15) is 0 Å². The van der Waals surface area contributed by atoms with Crippen LogP contribution in [0.4, 0.5) is 0 Å². The molecule has 0 aromatic rings. The van der Waals surface area contributed by atoms with E-state index in [9.17, 15) is 14.7 Å². The quantitative estimate of drug-likeness (QED) is 0.610. The minimum absolute atomic E-state index is 0.0196. The zero-order valence-corrected chi connectivity index (χ0v) is 11.9. The van der Waals surface area contributed by atoms with Crippen molar-refractivity contribution in [2.45, 2.75) is 52.0 Å². The van der Waals surface area contributed by atoms with Gasteiger partial charge in [-0.25, -0.2) is 14.6 Å². The SMILES string of the molecule is CC1(C)CC(C)(CN=C=O)CC(CCO)(N=C=O)C1. The number of hydrogen-bond acceptors (Lipinski definition) is 5. The van der Waals surface area contributed by atoms with Crippen molar-refractivity contribution in [3.05, 3.63) is 0 Å². The summed E-state index contributed by atoms with van der Waals surface area (Å²) in [4.78, 5) is 28.8. The molecule has 2 unspecified atom stereocenters. The Morgan fingerprint density at radius 3 is 2.32 bits per heavy atom. The molecule has 0 heterocycles. The predicted molar refractivity (Wildman–Crippen MR) is 71.3 cm³/mol. The molecular formula is C14H22N2O3. The Hall–Kier alpha value is -1.28. The summed E-state index contributed by atoms with van der Waals surface area (Å²) in [6.45, 7) is 6.62. The molecule has 0 aromatic carbocycles. The fourth-order valence-corrected chi connectivity index (χ4v) is 3.98. The first kappa shape index (κ1) is 15.8. The Bertz CT molecular complexity index is 422. The summed E-state index contributed by atoms with van der Waals surface area (Å²) in [5.41, 5.74) is -0.832. The number of rotatable bonds is 5. The van der Waals surface area contributed by atoms with Crippen LogP contribution in [0.3, 0.4) is 0 Å². The highest BCUT2D eigenvalue weighted by atomic mass is 16.3. The lowest BCUT2D eigenvalue weighted by Crippen LogP contribution is -2.47. The molecule has 19 heavy (non-hydrogen) atoms. The van der Waals surface area contributed by atoms with Gasteiger partial charge in [-0.3, -0.25) is 0 Å². The summed E-state index contributed by atoms with van der Waals surface area (Å²) in [7, 11) is 0. The average molecular weight is 266 g/mol. The second-order valence-electron chi connectivity index (χ2n) is 6.81. The third-order valence-electron chi connectivity index (χ3n) is 3.85. The highest BCUT2D eigenvalue weighted by Crippen LogP contribution is 2.52. The number of carbonyl (C=O) groups excluding carboxylic acids is 2. The molecule has 5 nitrogen and oxygen atoms in total. The van der Waals surface area contributed by atoms with Crippen molar-refractivity contribution in [3.8, 4) is 0 Å². The number of aliphatic hydroxyl groups excluding tert-OH is 1. The number of aliphatic hydroxyl groups is 1. The molecule has 2 atom stereocenters. The van der Waals surface area contributed by atoms with Gasteiger partial charge >= 0.3 is 0 Å². The molecule has 0 saturated heterocycles. The standard InChI is InChI=1S/C14H22N2O3/c1-12(2)6-13(3,9-15-10-18)8-14(7-12,4-5-17)16-11-19/h17H,4-9H2,1-3H3. The number of aliphatic imine (C=N–C) groups is 2. The largest absolute Gasteiger partial charge is 0.396 e. The second kappa shape index (κ2) is 5.79. The van der Waals surface area contributed by atoms with Gasteiger partial charge < -0.3 is 5.11 Å². The fraction of sp³-hybridized carbons (Fsp3) is 0.857. The first-order chi connectivity index (χ1) is 8.80. The van der Waals surface area contributed by atoms with Gasteiger partial charge in [0.05, 0.1) is 12.1 Å². The maximum absolute atomic E-state index is 10.7. The summed E-state index contributed by atoms with van der Waals surface area (Å²) >= 11 is 0. The van der Waals surface area contributed by atoms with Crippen LogP contribution in [0.1, 0.15) is 46.5 Å². The van der Waals surface area contributed by atoms with Gasteiger partial charge in [-0.15, -0.1) is 0 Å². The number of hydrogen-bond donors (Lipinski definition) is 1. The van der Waals surface area contributed by atoms with Crippen molar-refractivity contribution in [2.24, 2.45) is 20.8 Å². The lowest BCUT2D eigenvalue weighted by atomic mass is 9.57. The summed E-state index contributed by atoms with van der Waals surface area (Å²) in [5.74, 6) is 0. The van der Waals surface area contributed by atoms with Crippen molar-refractivity contribution in [2.75, 3.05) is 13.2 Å². The molecular weight excluding hydrogens is 244 g/mol. The third-order valence-corrected chi connectivity index (χ3v) is 3.85. The van der Waals surface area contributed by atoms with E-state index in [1.54, 1.807) is 12.2 Å². The fourth-order valence-electron chi connectivity index (χ4n) is 3.98. The second-order valence-corrected chi connectivity index (χ2v) is 6.81. The first-order valence-electron chi connectivity index (χ1n) is 6.54. The van der Waals surface area contributed by atoms with E-state index < -0.39 is 5.54 Å². The molecule has 0 bridgehead atoms. The maximum Gasteiger partial charge on any atom is 0.235 e. The van der Waals surface area contributed by atoms with E-state index in [0.717, 1.165) is 12.8 Å². The van der Waals surface area contributed by atoms with Crippen LogP contribution in [0.2, 0.25) is 0 Å². The highest BCUT2D eigenvalue weighted by Gasteiger charge is 2.49. The minimum atomic E-state index is -0.592. The van der Waals surface area contributed by atoms with Gasteiger partial charge in [-0.05, 0) is 36.5 Å². The predicted octanol–water partition coefficient (Wildman–Crippen LogP) is 2.00. The first-order valence-corrected chi connectivity index (χ1v) is 6.54. The Kier molecular flexibility index (Phi) is 4.81. The normalized spacial score (nSPS) is 33.1. The lowest BCUT2D eigenvalue weighted by molar-refractivity contribution is 0.0316. The summed E-state index contributed by atoms with van der Waals surface area (Å²) < 4.78 is 0. The Labute approximate surface area is 113 Å². The smallest absolute Gasteiger partial charge is 0.235 e. The topological polar surface area (TPSA) is 79.1 Å². The average Bonchev–Trinajstić information content (AvgIpc) is 2.24. The van der Waals surface area contributed by atoms with Crippen LogP contribution in [-0.2, 0) is 9.59 Å². The van der Waals surface area contributed by atoms with Gasteiger partial charge in [0, 0.05) is 6.61 Å². The van der Waals surface area contributed by atoms with E-state index in [2.05, 4.69) is 23.8 Å². The van der Waals surface area contributed by atoms with Crippen molar-refractivity contribution < 1.29 is 14.7 Å². The minimum Gasteiger partial charge on any atom is -0.396 e. The summed E-state index contributed by atoms with van der Waals surface area (Å²) in [6, 6.07) is 0. The van der Waals surface area contributed by atoms with Crippen LogP contribution < -0.4 is 0 Å². The van der Waals surface area contributed by atoms with Gasteiger partial charge in [-0.1, -0.05) is 20.8 Å². The molecule has 1 N–H and O–H groups in total. The molecule has 0 spiro atoms. The molecule has 5 heteroatoms. The van der Waals surface area contributed by atoms with E-state index in [4.69, 9.17) is 0 Å². The van der Waals surface area contributed by atoms with Crippen molar-refractivity contribution >= 4 is 12.2 Å². The van der Waals surface area contributed by atoms with Crippen LogP contribution in [0.15, 0.2) is 9.98 Å². The molecule has 1 fully saturated rings. The van der Waals surface area contributed by atoms with E-state index in [0.29, 0.717) is 19.4 Å². The molecule has 0 aromatic heterocycles. The number of isocyanates is 2. The zero-order chi connectivity index (χ0) is 14.6. The van der Waals surface area contributed by atoms with Gasteiger partial charge in [-0.2, -0.15) is 4.99 Å². The van der Waals surface area contributed by atoms with Gasteiger partial charge in [0.25, 0.3) is 0 Å². The highest BCUT2D eigenvalue weighted by molar-refractivity contribution is 5.36. The van der Waals surface area contributed by atoms with Crippen molar-refractivity contribution in [1.82, 2.24) is 0 Å².